The van der Waals surface area contributed by atoms with Crippen molar-refractivity contribution in [2.45, 2.75) is 13.8 Å². The minimum atomic E-state index is -0.250. The van der Waals surface area contributed by atoms with Crippen LogP contribution in [0.4, 0.5) is 0 Å². The molecule has 0 aromatic heterocycles. The summed E-state index contributed by atoms with van der Waals surface area (Å²) in [7, 11) is 0. The van der Waals surface area contributed by atoms with Gasteiger partial charge in [-0.05, 0) is 0 Å². The summed E-state index contributed by atoms with van der Waals surface area (Å²) in [4.78, 5) is 18.4. The zero-order chi connectivity index (χ0) is 17.4. The van der Waals surface area contributed by atoms with Gasteiger partial charge in [-0.3, -0.25) is 4.79 Å². The molecule has 0 fully saturated rings. The van der Waals surface area contributed by atoms with Crippen molar-refractivity contribution in [1.82, 2.24) is 5.32 Å². The highest BCUT2D eigenvalue weighted by Crippen LogP contribution is 1.83. The van der Waals surface area contributed by atoms with Crippen LogP contribution in [0.25, 0.3) is 0 Å². The predicted octanol–water partition coefficient (Wildman–Crippen LogP) is 0.202. The smallest absolute Gasteiger partial charge is 0.290 e. The predicted molar refractivity (Wildman–Crippen MR) is 91.1 cm³/mol. The van der Waals surface area contributed by atoms with Gasteiger partial charge < -0.3 is 34.2 Å². The van der Waals surface area contributed by atoms with Crippen molar-refractivity contribution in [2.75, 3.05) is 65.9 Å². The molecular formula is C16H31NO7. The highest BCUT2D eigenvalue weighted by molar-refractivity contribution is 5.49. The van der Waals surface area contributed by atoms with E-state index < -0.39 is 0 Å². The highest BCUT2D eigenvalue weighted by Gasteiger charge is 1.92. The summed E-state index contributed by atoms with van der Waals surface area (Å²) in [5.41, 5.74) is 0. The van der Waals surface area contributed by atoms with Crippen LogP contribution in [0.15, 0.2) is 0 Å². The fourth-order valence-corrected chi connectivity index (χ4v) is 1.20. The van der Waals surface area contributed by atoms with Crippen LogP contribution in [0, 0.1) is 12.3 Å². The number of hydrogen-bond donors (Lipinski definition) is 2. The van der Waals surface area contributed by atoms with Gasteiger partial charge in [0.1, 0.15) is 6.29 Å². The summed E-state index contributed by atoms with van der Waals surface area (Å²) in [6, 6.07) is 0. The van der Waals surface area contributed by atoms with Crippen molar-refractivity contribution in [2.24, 2.45) is 0 Å². The van der Waals surface area contributed by atoms with Gasteiger partial charge in [0.25, 0.3) is 6.47 Å². The fraction of sp³-hybridized carbons (Fsp3) is 0.750. The van der Waals surface area contributed by atoms with Gasteiger partial charge in [-0.2, -0.15) is 0 Å². The maximum Gasteiger partial charge on any atom is 0.290 e. The zero-order valence-electron chi connectivity index (χ0n) is 13.4. The molecule has 142 valence electrons. The second kappa shape index (κ2) is 29.5. The zero-order valence-corrected chi connectivity index (χ0v) is 13.4. The van der Waals surface area contributed by atoms with Crippen LogP contribution >= 0.6 is 0 Å². The van der Waals surface area contributed by atoms with Gasteiger partial charge in [-0.25, -0.2) is 0 Å². The Balaban J connectivity index is -0.00000102. The van der Waals surface area contributed by atoms with Crippen LogP contribution in [-0.2, 0) is 28.5 Å². The summed E-state index contributed by atoms with van der Waals surface area (Å²) in [6.45, 7) is 5.33. The number of ether oxygens (including phenoxy) is 4. The van der Waals surface area contributed by atoms with Crippen LogP contribution in [0.2, 0.25) is 0 Å². The maximum absolute atomic E-state index is 10.0. The summed E-state index contributed by atoms with van der Waals surface area (Å²) < 4.78 is 21.1. The maximum atomic E-state index is 10.0. The average Bonchev–Trinajstić information content (AvgIpc) is 2.55. The lowest BCUT2D eigenvalue weighted by Gasteiger charge is -2.07. The third-order valence-electron chi connectivity index (χ3n) is 2.15. The molecule has 0 aliphatic rings. The summed E-state index contributed by atoms with van der Waals surface area (Å²) in [6.07, 6.45) is 6.35. The molecule has 0 saturated heterocycles. The van der Waals surface area contributed by atoms with Gasteiger partial charge in [-0.15, -0.1) is 6.42 Å². The van der Waals surface area contributed by atoms with Crippen LogP contribution in [-0.4, -0.2) is 83.8 Å². The molecule has 0 atom stereocenters. The van der Waals surface area contributed by atoms with E-state index in [0.717, 1.165) is 12.8 Å². The topological polar surface area (TPSA) is 103 Å². The quantitative estimate of drug-likeness (QED) is 0.231. The minimum absolute atomic E-state index is 0. The van der Waals surface area contributed by atoms with Gasteiger partial charge in [0.15, 0.2) is 0 Å². The molecule has 0 aliphatic heterocycles. The van der Waals surface area contributed by atoms with E-state index in [1.807, 2.05) is 0 Å². The van der Waals surface area contributed by atoms with Crippen molar-refractivity contribution >= 4 is 12.8 Å². The SMILES string of the molecule is C.C#CCNCCOCCOCCOCCOCCC=O.O=CO. The van der Waals surface area contributed by atoms with Crippen LogP contribution < -0.4 is 5.32 Å². The number of aldehydes is 1. The van der Waals surface area contributed by atoms with E-state index in [2.05, 4.69) is 11.2 Å². The van der Waals surface area contributed by atoms with Crippen molar-refractivity contribution in [3.63, 3.8) is 0 Å². The second-order valence-electron chi connectivity index (χ2n) is 3.89. The molecule has 2 N–H and O–H groups in total. The number of carbonyl (C=O) groups excluding carboxylic acids is 1. The van der Waals surface area contributed by atoms with Gasteiger partial charge in [0, 0.05) is 13.0 Å². The number of carboxylic acid groups (broad SMARTS) is 1. The normalized spacial score (nSPS) is 9.12. The third-order valence-corrected chi connectivity index (χ3v) is 2.15. The number of carbonyl (C=O) groups is 2. The Morgan fingerprint density at radius 1 is 0.875 bits per heavy atom. The molecule has 0 unspecified atom stereocenters. The molecule has 0 heterocycles. The second-order valence-corrected chi connectivity index (χ2v) is 3.89. The summed E-state index contributed by atoms with van der Waals surface area (Å²) >= 11 is 0. The molecule has 0 saturated carbocycles. The Bertz CT molecular complexity index is 282. The summed E-state index contributed by atoms with van der Waals surface area (Å²) in [5.74, 6) is 2.49. The first-order chi connectivity index (χ1) is 11.3. The van der Waals surface area contributed by atoms with Crippen molar-refractivity contribution in [1.29, 1.82) is 0 Å². The Morgan fingerprint density at radius 2 is 1.29 bits per heavy atom. The molecule has 24 heavy (non-hydrogen) atoms. The standard InChI is InChI=1S/C14H25NO5.CH2O2.CH4/c1-2-4-15-5-8-18-10-12-20-14-13-19-11-9-17-7-3-6-16;2-1-3;/h1,6,15H,3-5,7-14H2;1H,(H,2,3);1H4. The average molecular weight is 349 g/mol. The van der Waals surface area contributed by atoms with Gasteiger partial charge in [-0.1, -0.05) is 13.3 Å². The number of nitrogens with one attached hydrogen (secondary N) is 1. The van der Waals surface area contributed by atoms with E-state index >= 15 is 0 Å². The van der Waals surface area contributed by atoms with E-state index in [0.29, 0.717) is 65.8 Å². The Morgan fingerprint density at radius 3 is 1.71 bits per heavy atom. The van der Waals surface area contributed by atoms with E-state index in [-0.39, 0.29) is 13.9 Å². The van der Waals surface area contributed by atoms with Crippen LogP contribution in [0.1, 0.15) is 13.8 Å². The number of hydrogen-bond acceptors (Lipinski definition) is 7. The lowest BCUT2D eigenvalue weighted by Crippen LogP contribution is -2.21. The Kier molecular flexibility index (Phi) is 33.6. The minimum Gasteiger partial charge on any atom is -0.483 e. The van der Waals surface area contributed by atoms with E-state index in [9.17, 15) is 4.79 Å². The summed E-state index contributed by atoms with van der Waals surface area (Å²) in [5, 5.41) is 9.91. The Labute approximate surface area is 144 Å². The van der Waals surface area contributed by atoms with E-state index in [4.69, 9.17) is 35.3 Å². The fourth-order valence-electron chi connectivity index (χ4n) is 1.20. The first-order valence-corrected chi connectivity index (χ1v) is 7.30. The molecule has 0 radical (unpaired) electrons. The Hall–Kier alpha value is -1.50. The van der Waals surface area contributed by atoms with E-state index in [1.165, 1.54) is 0 Å². The monoisotopic (exact) mass is 349 g/mol. The third kappa shape index (κ3) is 32.4. The largest absolute Gasteiger partial charge is 0.483 e. The number of terminal acetylenes is 1. The molecule has 8 heteroatoms. The van der Waals surface area contributed by atoms with Gasteiger partial charge in [0.2, 0.25) is 0 Å². The molecular weight excluding hydrogens is 318 g/mol. The molecule has 0 rings (SSSR count). The van der Waals surface area contributed by atoms with Crippen molar-refractivity contribution in [3.8, 4) is 12.3 Å². The van der Waals surface area contributed by atoms with Crippen molar-refractivity contribution < 1.29 is 33.6 Å². The van der Waals surface area contributed by atoms with E-state index in [1.54, 1.807) is 0 Å². The van der Waals surface area contributed by atoms with Crippen molar-refractivity contribution in [3.05, 3.63) is 0 Å². The molecule has 0 aromatic carbocycles. The first-order valence-electron chi connectivity index (χ1n) is 7.30. The molecule has 0 bridgehead atoms. The lowest BCUT2D eigenvalue weighted by molar-refractivity contribution is -0.122. The van der Waals surface area contributed by atoms with Crippen LogP contribution in [0.3, 0.4) is 0 Å². The van der Waals surface area contributed by atoms with Crippen LogP contribution in [0.5, 0.6) is 0 Å². The number of rotatable bonds is 16. The van der Waals surface area contributed by atoms with Gasteiger partial charge in [0.05, 0.1) is 59.4 Å². The molecule has 0 aromatic rings. The molecule has 0 aliphatic carbocycles. The molecule has 0 spiro atoms. The molecule has 8 nitrogen and oxygen atoms in total. The highest BCUT2D eigenvalue weighted by atomic mass is 16.6. The first kappa shape index (κ1) is 27.4. The van der Waals surface area contributed by atoms with Gasteiger partial charge >= 0.3 is 0 Å². The molecule has 0 amide bonds. The lowest BCUT2D eigenvalue weighted by atomic mass is 10.5.